The lowest BCUT2D eigenvalue weighted by molar-refractivity contribution is 0.596. The first kappa shape index (κ1) is 12.9. The lowest BCUT2D eigenvalue weighted by Gasteiger charge is -2.04. The van der Waals surface area contributed by atoms with Crippen molar-refractivity contribution in [2.75, 3.05) is 11.9 Å². The Kier molecular flexibility index (Phi) is 3.56. The molecular weight excluding hydrogens is 275 g/mol. The summed E-state index contributed by atoms with van der Waals surface area (Å²) in [5.74, 6) is 0.0518. The van der Waals surface area contributed by atoms with Crippen LogP contribution in [0.3, 0.4) is 0 Å². The lowest BCUT2D eigenvalue weighted by Crippen LogP contribution is -2.06. The van der Waals surface area contributed by atoms with Crippen LogP contribution in [0.4, 0.5) is 10.3 Å². The molecule has 0 aliphatic rings. The van der Waals surface area contributed by atoms with Gasteiger partial charge in [-0.05, 0) is 19.1 Å². The maximum atomic E-state index is 13.8. The van der Waals surface area contributed by atoms with Crippen LogP contribution in [0.1, 0.15) is 17.6 Å². The van der Waals surface area contributed by atoms with Gasteiger partial charge in [0.15, 0.2) is 5.82 Å². The molecule has 0 spiro atoms. The molecule has 0 radical (unpaired) electrons. The van der Waals surface area contributed by atoms with Crippen LogP contribution in [-0.4, -0.2) is 21.5 Å². The van der Waals surface area contributed by atoms with Crippen LogP contribution in [0.15, 0.2) is 30.5 Å². The van der Waals surface area contributed by atoms with Crippen LogP contribution in [0.2, 0.25) is 0 Å². The van der Waals surface area contributed by atoms with E-state index in [4.69, 9.17) is 0 Å². The predicted molar refractivity (Wildman–Crippen MR) is 78.6 cm³/mol. The van der Waals surface area contributed by atoms with E-state index in [-0.39, 0.29) is 0 Å². The van der Waals surface area contributed by atoms with Crippen molar-refractivity contribution >= 4 is 27.5 Å². The Labute approximate surface area is 119 Å². The second kappa shape index (κ2) is 5.50. The minimum atomic E-state index is -0.397. The van der Waals surface area contributed by atoms with Crippen molar-refractivity contribution in [3.63, 3.8) is 0 Å². The second-order valence-corrected chi connectivity index (χ2v) is 5.39. The van der Waals surface area contributed by atoms with Crippen LogP contribution in [0.5, 0.6) is 0 Å². The van der Waals surface area contributed by atoms with Crippen molar-refractivity contribution in [3.8, 4) is 0 Å². The molecule has 0 saturated heterocycles. The summed E-state index contributed by atoms with van der Waals surface area (Å²) in [6, 6.07) is 7.88. The first-order valence-electron chi connectivity index (χ1n) is 6.36. The van der Waals surface area contributed by atoms with Crippen molar-refractivity contribution in [3.05, 3.63) is 47.0 Å². The fraction of sp³-hybridized carbons (Fsp3) is 0.214. The molecule has 0 aliphatic heterocycles. The minimum Gasteiger partial charge on any atom is -0.354 e. The first-order valence-corrected chi connectivity index (χ1v) is 7.17. The average molecular weight is 288 g/mol. The number of fused-ring (bicyclic) bond motifs is 1. The SMILES string of the molecule is CCNc1ncc(F)c(Cc2nc3ccccc3s2)n1. The van der Waals surface area contributed by atoms with Gasteiger partial charge in [0.25, 0.3) is 0 Å². The number of hydrogen-bond donors (Lipinski definition) is 1. The van der Waals surface area contributed by atoms with Gasteiger partial charge in [-0.15, -0.1) is 11.3 Å². The van der Waals surface area contributed by atoms with Gasteiger partial charge in [-0.25, -0.2) is 19.3 Å². The third kappa shape index (κ3) is 2.60. The normalized spacial score (nSPS) is 10.9. The van der Waals surface area contributed by atoms with Crippen molar-refractivity contribution in [1.29, 1.82) is 0 Å². The number of rotatable bonds is 4. The molecule has 102 valence electrons. The zero-order valence-corrected chi connectivity index (χ0v) is 11.7. The average Bonchev–Trinajstić information content (AvgIpc) is 2.85. The van der Waals surface area contributed by atoms with E-state index in [0.29, 0.717) is 24.6 Å². The Hall–Kier alpha value is -2.08. The highest BCUT2D eigenvalue weighted by molar-refractivity contribution is 7.18. The van der Waals surface area contributed by atoms with Gasteiger partial charge in [0.1, 0.15) is 0 Å². The predicted octanol–water partition coefficient (Wildman–Crippen LogP) is 3.25. The van der Waals surface area contributed by atoms with E-state index in [1.165, 1.54) is 6.20 Å². The van der Waals surface area contributed by atoms with Crippen molar-refractivity contribution in [2.45, 2.75) is 13.3 Å². The summed E-state index contributed by atoms with van der Waals surface area (Å²) in [6.45, 7) is 2.64. The Morgan fingerprint density at radius 1 is 1.25 bits per heavy atom. The molecule has 2 heterocycles. The standard InChI is InChI=1S/C14H13FN4S/c1-2-16-14-17-8-9(15)11(19-14)7-13-18-10-5-3-4-6-12(10)20-13/h3-6,8H,2,7H2,1H3,(H,16,17,19). The van der Waals surface area contributed by atoms with Gasteiger partial charge in [0, 0.05) is 13.0 Å². The summed E-state index contributed by atoms with van der Waals surface area (Å²) < 4.78 is 14.9. The highest BCUT2D eigenvalue weighted by Gasteiger charge is 2.11. The summed E-state index contributed by atoms with van der Waals surface area (Å²) in [4.78, 5) is 12.6. The number of nitrogens with one attached hydrogen (secondary N) is 1. The highest BCUT2D eigenvalue weighted by atomic mass is 32.1. The molecule has 2 aromatic heterocycles. The van der Waals surface area contributed by atoms with Gasteiger partial charge < -0.3 is 5.32 Å². The molecule has 6 heteroatoms. The van der Waals surface area contributed by atoms with Crippen molar-refractivity contribution in [1.82, 2.24) is 15.0 Å². The molecule has 0 amide bonds. The van der Waals surface area contributed by atoms with Crippen LogP contribution >= 0.6 is 11.3 Å². The fourth-order valence-electron chi connectivity index (χ4n) is 1.91. The molecule has 4 nitrogen and oxygen atoms in total. The van der Waals surface area contributed by atoms with E-state index >= 15 is 0 Å². The molecular formula is C14H13FN4S. The molecule has 0 fully saturated rings. The van der Waals surface area contributed by atoms with Gasteiger partial charge >= 0.3 is 0 Å². The summed E-state index contributed by atoms with van der Waals surface area (Å²) in [5.41, 5.74) is 1.31. The summed E-state index contributed by atoms with van der Waals surface area (Å²) in [5, 5.41) is 3.83. The summed E-state index contributed by atoms with van der Waals surface area (Å²) in [7, 11) is 0. The number of halogens is 1. The van der Waals surface area contributed by atoms with Crippen molar-refractivity contribution < 1.29 is 4.39 Å². The zero-order chi connectivity index (χ0) is 13.9. The molecule has 3 aromatic rings. The molecule has 0 atom stereocenters. The molecule has 1 N–H and O–H groups in total. The largest absolute Gasteiger partial charge is 0.354 e. The molecule has 20 heavy (non-hydrogen) atoms. The third-order valence-electron chi connectivity index (χ3n) is 2.81. The van der Waals surface area contributed by atoms with E-state index in [2.05, 4.69) is 20.3 Å². The molecule has 0 aliphatic carbocycles. The Balaban J connectivity index is 1.91. The second-order valence-electron chi connectivity index (χ2n) is 4.27. The number of benzene rings is 1. The molecule has 0 saturated carbocycles. The molecule has 3 rings (SSSR count). The van der Waals surface area contributed by atoms with E-state index in [9.17, 15) is 4.39 Å². The maximum Gasteiger partial charge on any atom is 0.223 e. The number of anilines is 1. The number of thiazole rings is 1. The Morgan fingerprint density at radius 2 is 2.10 bits per heavy atom. The monoisotopic (exact) mass is 288 g/mol. The quantitative estimate of drug-likeness (QED) is 0.800. The minimum absolute atomic E-state index is 0.370. The molecule has 0 unspecified atom stereocenters. The Morgan fingerprint density at radius 3 is 2.90 bits per heavy atom. The van der Waals surface area contributed by atoms with E-state index in [1.54, 1.807) is 11.3 Å². The molecule has 1 aromatic carbocycles. The number of aromatic nitrogens is 3. The van der Waals surface area contributed by atoms with Crippen LogP contribution < -0.4 is 5.32 Å². The van der Waals surface area contributed by atoms with Crippen LogP contribution in [0.25, 0.3) is 10.2 Å². The van der Waals surface area contributed by atoms with Crippen LogP contribution in [-0.2, 0) is 6.42 Å². The number of nitrogens with zero attached hydrogens (tertiary/aromatic N) is 3. The third-order valence-corrected chi connectivity index (χ3v) is 3.84. The zero-order valence-electron chi connectivity index (χ0n) is 10.9. The van der Waals surface area contributed by atoms with E-state index in [1.807, 2.05) is 31.2 Å². The summed E-state index contributed by atoms with van der Waals surface area (Å²) >= 11 is 1.56. The smallest absolute Gasteiger partial charge is 0.223 e. The highest BCUT2D eigenvalue weighted by Crippen LogP contribution is 2.23. The van der Waals surface area contributed by atoms with Gasteiger partial charge in [0.2, 0.25) is 5.95 Å². The maximum absolute atomic E-state index is 13.8. The first-order chi connectivity index (χ1) is 9.76. The fourth-order valence-corrected chi connectivity index (χ4v) is 2.88. The number of hydrogen-bond acceptors (Lipinski definition) is 5. The van der Waals surface area contributed by atoms with Crippen LogP contribution in [0, 0.1) is 5.82 Å². The van der Waals surface area contributed by atoms with E-state index < -0.39 is 5.82 Å². The van der Waals surface area contributed by atoms with E-state index in [0.717, 1.165) is 15.2 Å². The summed E-state index contributed by atoms with van der Waals surface area (Å²) in [6.07, 6.45) is 1.58. The topological polar surface area (TPSA) is 50.7 Å². The van der Waals surface area contributed by atoms with Gasteiger partial charge in [-0.1, -0.05) is 12.1 Å². The lowest BCUT2D eigenvalue weighted by atomic mass is 10.3. The van der Waals surface area contributed by atoms with Crippen molar-refractivity contribution in [2.24, 2.45) is 0 Å². The number of para-hydroxylation sites is 1. The van der Waals surface area contributed by atoms with Gasteiger partial charge in [-0.2, -0.15) is 0 Å². The molecule has 0 bridgehead atoms. The van der Waals surface area contributed by atoms with Gasteiger partial charge in [-0.3, -0.25) is 0 Å². The van der Waals surface area contributed by atoms with Gasteiger partial charge in [0.05, 0.1) is 27.1 Å². The Bertz CT molecular complexity index is 708.